The first-order valence-corrected chi connectivity index (χ1v) is 5.15. The summed E-state index contributed by atoms with van der Waals surface area (Å²) in [5.74, 6) is -0.616. The van der Waals surface area contributed by atoms with Crippen LogP contribution in [0, 0.1) is 0 Å². The lowest BCUT2D eigenvalue weighted by Gasteiger charge is -2.08. The summed E-state index contributed by atoms with van der Waals surface area (Å²) in [5, 5.41) is 8.55. The van der Waals surface area contributed by atoms with E-state index in [4.69, 9.17) is 9.84 Å². The SMILES string of the molecule is COc1nc(/C=C/C(=O)O)ccc1-n1ccnc1. The number of aromatic nitrogens is 3. The quantitative estimate of drug-likeness (QED) is 0.823. The van der Waals surface area contributed by atoms with Crippen molar-refractivity contribution in [2.24, 2.45) is 0 Å². The standard InChI is InChI=1S/C12H11N3O3/c1-18-12-10(15-7-6-13-8-15)4-2-9(14-12)3-5-11(16)17/h2-8H,1H3,(H,16,17)/b5-3+. The molecule has 0 spiro atoms. The number of imidazole rings is 1. The molecule has 0 fully saturated rings. The Hall–Kier alpha value is -2.63. The highest BCUT2D eigenvalue weighted by Crippen LogP contribution is 2.20. The summed E-state index contributed by atoms with van der Waals surface area (Å²) in [6.45, 7) is 0. The second-order valence-corrected chi connectivity index (χ2v) is 3.41. The number of aliphatic carboxylic acids is 1. The normalized spacial score (nSPS) is 10.7. The van der Waals surface area contributed by atoms with Gasteiger partial charge in [-0.1, -0.05) is 0 Å². The van der Waals surface area contributed by atoms with Gasteiger partial charge in [0.25, 0.3) is 0 Å². The Labute approximate surface area is 103 Å². The van der Waals surface area contributed by atoms with Crippen LogP contribution in [0.1, 0.15) is 5.69 Å². The van der Waals surface area contributed by atoms with Crippen LogP contribution in [-0.2, 0) is 4.79 Å². The fourth-order valence-corrected chi connectivity index (χ4v) is 1.45. The van der Waals surface area contributed by atoms with E-state index in [1.54, 1.807) is 35.4 Å². The molecule has 1 N–H and O–H groups in total. The van der Waals surface area contributed by atoms with Gasteiger partial charge in [0.15, 0.2) is 0 Å². The molecule has 0 atom stereocenters. The minimum atomic E-state index is -1.02. The Bertz CT molecular complexity index is 576. The maximum Gasteiger partial charge on any atom is 0.328 e. The van der Waals surface area contributed by atoms with Crippen LogP contribution in [0.4, 0.5) is 0 Å². The first kappa shape index (κ1) is 11.8. The predicted molar refractivity (Wildman–Crippen MR) is 64.6 cm³/mol. The summed E-state index contributed by atoms with van der Waals surface area (Å²) >= 11 is 0. The maximum atomic E-state index is 10.4. The van der Waals surface area contributed by atoms with E-state index in [1.807, 2.05) is 0 Å². The van der Waals surface area contributed by atoms with E-state index < -0.39 is 5.97 Å². The molecule has 0 bridgehead atoms. The molecule has 0 aliphatic carbocycles. The van der Waals surface area contributed by atoms with Crippen molar-refractivity contribution in [1.82, 2.24) is 14.5 Å². The largest absolute Gasteiger partial charge is 0.479 e. The number of carboxylic acid groups (broad SMARTS) is 1. The summed E-state index contributed by atoms with van der Waals surface area (Å²) in [7, 11) is 1.51. The van der Waals surface area contributed by atoms with Crippen molar-refractivity contribution in [1.29, 1.82) is 0 Å². The van der Waals surface area contributed by atoms with E-state index in [2.05, 4.69) is 9.97 Å². The Kier molecular flexibility index (Phi) is 3.38. The van der Waals surface area contributed by atoms with Gasteiger partial charge < -0.3 is 14.4 Å². The van der Waals surface area contributed by atoms with Crippen LogP contribution in [0.2, 0.25) is 0 Å². The summed E-state index contributed by atoms with van der Waals surface area (Å²) in [6, 6.07) is 3.49. The molecule has 2 aromatic heterocycles. The van der Waals surface area contributed by atoms with E-state index in [0.717, 1.165) is 11.8 Å². The van der Waals surface area contributed by atoms with Crippen LogP contribution in [0.3, 0.4) is 0 Å². The molecule has 6 nitrogen and oxygen atoms in total. The number of carboxylic acids is 1. The van der Waals surface area contributed by atoms with Gasteiger partial charge in [-0.05, 0) is 18.2 Å². The minimum absolute atomic E-state index is 0.403. The zero-order chi connectivity index (χ0) is 13.0. The van der Waals surface area contributed by atoms with Crippen LogP contribution in [0.5, 0.6) is 5.88 Å². The zero-order valence-electron chi connectivity index (χ0n) is 9.65. The number of methoxy groups -OCH3 is 1. The first-order chi connectivity index (χ1) is 8.70. The first-order valence-electron chi connectivity index (χ1n) is 5.15. The van der Waals surface area contributed by atoms with Gasteiger partial charge in [0.2, 0.25) is 5.88 Å². The van der Waals surface area contributed by atoms with Gasteiger partial charge in [-0.2, -0.15) is 0 Å². The van der Waals surface area contributed by atoms with E-state index in [1.165, 1.54) is 13.2 Å². The summed E-state index contributed by atoms with van der Waals surface area (Å²) in [4.78, 5) is 18.6. The second kappa shape index (κ2) is 5.13. The highest BCUT2D eigenvalue weighted by atomic mass is 16.5. The van der Waals surface area contributed by atoms with Crippen molar-refractivity contribution in [3.8, 4) is 11.6 Å². The molecule has 6 heteroatoms. The van der Waals surface area contributed by atoms with Crippen molar-refractivity contribution < 1.29 is 14.6 Å². The van der Waals surface area contributed by atoms with Gasteiger partial charge >= 0.3 is 5.97 Å². The number of nitrogens with zero attached hydrogens (tertiary/aromatic N) is 3. The van der Waals surface area contributed by atoms with Crippen molar-refractivity contribution in [2.75, 3.05) is 7.11 Å². The minimum Gasteiger partial charge on any atom is -0.479 e. The van der Waals surface area contributed by atoms with Gasteiger partial charge in [0.1, 0.15) is 5.69 Å². The molecule has 0 unspecified atom stereocenters. The molecule has 0 aliphatic rings. The molecule has 0 aliphatic heterocycles. The molecule has 0 aromatic carbocycles. The van der Waals surface area contributed by atoms with Crippen LogP contribution < -0.4 is 4.74 Å². The molecule has 0 saturated carbocycles. The molecular weight excluding hydrogens is 234 g/mol. The van der Waals surface area contributed by atoms with Crippen molar-refractivity contribution in [3.05, 3.63) is 42.6 Å². The average molecular weight is 245 g/mol. The third-order valence-corrected chi connectivity index (χ3v) is 2.23. The van der Waals surface area contributed by atoms with Gasteiger partial charge in [0, 0.05) is 18.5 Å². The lowest BCUT2D eigenvalue weighted by molar-refractivity contribution is -0.131. The highest BCUT2D eigenvalue weighted by molar-refractivity contribution is 5.84. The Morgan fingerprint density at radius 2 is 2.33 bits per heavy atom. The third kappa shape index (κ3) is 2.54. The number of carbonyl (C=O) groups is 1. The molecule has 0 amide bonds. The van der Waals surface area contributed by atoms with Crippen LogP contribution in [0.25, 0.3) is 11.8 Å². The number of rotatable bonds is 4. The third-order valence-electron chi connectivity index (χ3n) is 2.23. The van der Waals surface area contributed by atoms with Crippen LogP contribution in [-0.4, -0.2) is 32.7 Å². The van der Waals surface area contributed by atoms with Gasteiger partial charge in [-0.3, -0.25) is 0 Å². The molecule has 2 aromatic rings. The molecule has 92 valence electrons. The highest BCUT2D eigenvalue weighted by Gasteiger charge is 2.06. The maximum absolute atomic E-state index is 10.4. The molecular formula is C12H11N3O3. The van der Waals surface area contributed by atoms with Gasteiger partial charge in [0.05, 0.1) is 19.1 Å². The van der Waals surface area contributed by atoms with Crippen LogP contribution >= 0.6 is 0 Å². The molecule has 0 radical (unpaired) electrons. The van der Waals surface area contributed by atoms with E-state index in [-0.39, 0.29) is 0 Å². The summed E-state index contributed by atoms with van der Waals surface area (Å²) in [6.07, 6.45) is 7.48. The lowest BCUT2D eigenvalue weighted by Crippen LogP contribution is -1.99. The van der Waals surface area contributed by atoms with Gasteiger partial charge in [-0.15, -0.1) is 0 Å². The van der Waals surface area contributed by atoms with Crippen LogP contribution in [0.15, 0.2) is 36.9 Å². The van der Waals surface area contributed by atoms with E-state index in [0.29, 0.717) is 11.6 Å². The number of hydrogen-bond donors (Lipinski definition) is 1. The number of pyridine rings is 1. The average Bonchev–Trinajstić information content (AvgIpc) is 2.89. The van der Waals surface area contributed by atoms with Crippen molar-refractivity contribution in [3.63, 3.8) is 0 Å². The second-order valence-electron chi connectivity index (χ2n) is 3.41. The van der Waals surface area contributed by atoms with Gasteiger partial charge in [-0.25, -0.2) is 14.8 Å². The Morgan fingerprint density at radius 1 is 1.50 bits per heavy atom. The lowest BCUT2D eigenvalue weighted by atomic mass is 10.3. The predicted octanol–water partition coefficient (Wildman–Crippen LogP) is 1.37. The molecule has 2 heterocycles. The number of ether oxygens (including phenoxy) is 1. The zero-order valence-corrected chi connectivity index (χ0v) is 9.65. The topological polar surface area (TPSA) is 77.2 Å². The monoisotopic (exact) mass is 245 g/mol. The Balaban J connectivity index is 2.38. The summed E-state index contributed by atoms with van der Waals surface area (Å²) in [5.41, 5.74) is 1.25. The fourth-order valence-electron chi connectivity index (χ4n) is 1.45. The van der Waals surface area contributed by atoms with Crippen molar-refractivity contribution in [2.45, 2.75) is 0 Å². The fraction of sp³-hybridized carbons (Fsp3) is 0.0833. The summed E-state index contributed by atoms with van der Waals surface area (Å²) < 4.78 is 6.94. The Morgan fingerprint density at radius 3 is 2.94 bits per heavy atom. The molecule has 2 rings (SSSR count). The molecule has 18 heavy (non-hydrogen) atoms. The molecule has 0 saturated heterocycles. The van der Waals surface area contributed by atoms with Crippen molar-refractivity contribution >= 4 is 12.0 Å². The smallest absolute Gasteiger partial charge is 0.328 e. The van der Waals surface area contributed by atoms with E-state index >= 15 is 0 Å². The van der Waals surface area contributed by atoms with E-state index in [9.17, 15) is 4.79 Å². The number of hydrogen-bond acceptors (Lipinski definition) is 4.